The summed E-state index contributed by atoms with van der Waals surface area (Å²) in [6, 6.07) is 17.8. The minimum atomic E-state index is -0.964. The van der Waals surface area contributed by atoms with Crippen LogP contribution in [0.15, 0.2) is 60.8 Å². The summed E-state index contributed by atoms with van der Waals surface area (Å²) in [7, 11) is 0. The Morgan fingerprint density at radius 1 is 1.04 bits per heavy atom. The van der Waals surface area contributed by atoms with Crippen molar-refractivity contribution in [2.75, 3.05) is 0 Å². The van der Waals surface area contributed by atoms with Crippen molar-refractivity contribution in [1.29, 1.82) is 0 Å². The van der Waals surface area contributed by atoms with Crippen molar-refractivity contribution < 1.29 is 9.90 Å². The van der Waals surface area contributed by atoms with E-state index in [-0.39, 0.29) is 11.0 Å². The predicted octanol–water partition coefficient (Wildman–Crippen LogP) is 4.59. The van der Waals surface area contributed by atoms with Gasteiger partial charge in [0.05, 0.1) is 6.54 Å². The summed E-state index contributed by atoms with van der Waals surface area (Å²) in [6.45, 7) is 7.00. The molecule has 0 aliphatic carbocycles. The van der Waals surface area contributed by atoms with Crippen LogP contribution in [0.2, 0.25) is 0 Å². The molecule has 0 fully saturated rings. The van der Waals surface area contributed by atoms with Gasteiger partial charge in [0.2, 0.25) is 0 Å². The number of benzene rings is 2. The molecular formula is C21H22N2O2. The highest BCUT2D eigenvalue weighted by Crippen LogP contribution is 2.27. The molecule has 0 unspecified atom stereocenters. The Hall–Kier alpha value is -2.88. The Balaban J connectivity index is 1.96. The number of rotatable bonds is 4. The third-order valence-electron chi connectivity index (χ3n) is 4.20. The standard InChI is InChI=1S/C21H22N2O2/c1-21(2,3)17-11-9-16(10-12-17)19-18(20(24)25)14-23(22-19)13-15-7-5-4-6-8-15/h4-12,14H,13H2,1-3H3,(H,24,25). The van der Waals surface area contributed by atoms with Gasteiger partial charge in [-0.05, 0) is 16.5 Å². The third kappa shape index (κ3) is 3.79. The highest BCUT2D eigenvalue weighted by molar-refractivity contribution is 5.94. The van der Waals surface area contributed by atoms with Gasteiger partial charge in [0.1, 0.15) is 11.3 Å². The molecule has 1 aromatic heterocycles. The zero-order valence-electron chi connectivity index (χ0n) is 14.7. The second-order valence-electron chi connectivity index (χ2n) is 7.21. The summed E-state index contributed by atoms with van der Waals surface area (Å²) in [4.78, 5) is 11.6. The smallest absolute Gasteiger partial charge is 0.339 e. The van der Waals surface area contributed by atoms with E-state index in [1.165, 1.54) is 5.56 Å². The first-order valence-electron chi connectivity index (χ1n) is 8.30. The molecule has 0 saturated heterocycles. The number of aromatic carboxylic acids is 1. The Kier molecular flexibility index (Phi) is 4.45. The van der Waals surface area contributed by atoms with E-state index < -0.39 is 5.97 Å². The van der Waals surface area contributed by atoms with Gasteiger partial charge in [-0.25, -0.2) is 4.79 Å². The topological polar surface area (TPSA) is 55.1 Å². The molecule has 0 radical (unpaired) electrons. The van der Waals surface area contributed by atoms with Crippen LogP contribution in [0.25, 0.3) is 11.3 Å². The molecular weight excluding hydrogens is 312 g/mol. The van der Waals surface area contributed by atoms with Gasteiger partial charge in [0.25, 0.3) is 0 Å². The van der Waals surface area contributed by atoms with E-state index >= 15 is 0 Å². The SMILES string of the molecule is CC(C)(C)c1ccc(-c2nn(Cc3ccccc3)cc2C(=O)O)cc1. The Bertz CT molecular complexity index is 873. The van der Waals surface area contributed by atoms with Gasteiger partial charge in [-0.1, -0.05) is 75.4 Å². The molecule has 0 aliphatic rings. The van der Waals surface area contributed by atoms with Crippen LogP contribution in [-0.4, -0.2) is 20.9 Å². The molecule has 4 nitrogen and oxygen atoms in total. The number of carbonyl (C=O) groups is 1. The van der Waals surface area contributed by atoms with E-state index in [1.54, 1.807) is 10.9 Å². The van der Waals surface area contributed by atoms with E-state index in [0.29, 0.717) is 12.2 Å². The fraction of sp³-hybridized carbons (Fsp3) is 0.238. The van der Waals surface area contributed by atoms with Gasteiger partial charge >= 0.3 is 5.97 Å². The third-order valence-corrected chi connectivity index (χ3v) is 4.20. The van der Waals surface area contributed by atoms with Gasteiger partial charge in [-0.15, -0.1) is 0 Å². The van der Waals surface area contributed by atoms with Crippen molar-refractivity contribution in [3.05, 3.63) is 77.5 Å². The first kappa shape index (κ1) is 17.0. The zero-order chi connectivity index (χ0) is 18.0. The van der Waals surface area contributed by atoms with Crippen LogP contribution in [0.5, 0.6) is 0 Å². The van der Waals surface area contributed by atoms with Gasteiger partial charge in [0.15, 0.2) is 0 Å². The van der Waals surface area contributed by atoms with E-state index in [1.807, 2.05) is 54.6 Å². The maximum Gasteiger partial charge on any atom is 0.339 e. The van der Waals surface area contributed by atoms with Gasteiger partial charge in [-0.2, -0.15) is 5.10 Å². The number of hydrogen-bond acceptors (Lipinski definition) is 2. The predicted molar refractivity (Wildman–Crippen MR) is 98.9 cm³/mol. The molecule has 3 aromatic rings. The Morgan fingerprint density at radius 3 is 2.24 bits per heavy atom. The minimum absolute atomic E-state index is 0.0564. The summed E-state index contributed by atoms with van der Waals surface area (Å²) in [5.41, 5.74) is 3.88. The van der Waals surface area contributed by atoms with Gasteiger partial charge in [0, 0.05) is 11.8 Å². The second kappa shape index (κ2) is 6.55. The van der Waals surface area contributed by atoms with Crippen LogP contribution in [-0.2, 0) is 12.0 Å². The quantitative estimate of drug-likeness (QED) is 0.759. The van der Waals surface area contributed by atoms with Crippen molar-refractivity contribution in [2.45, 2.75) is 32.7 Å². The number of aromatic nitrogens is 2. The monoisotopic (exact) mass is 334 g/mol. The summed E-state index contributed by atoms with van der Waals surface area (Å²) >= 11 is 0. The normalized spacial score (nSPS) is 11.5. The largest absolute Gasteiger partial charge is 0.478 e. The lowest BCUT2D eigenvalue weighted by Crippen LogP contribution is -2.10. The lowest BCUT2D eigenvalue weighted by Gasteiger charge is -2.19. The lowest BCUT2D eigenvalue weighted by molar-refractivity contribution is 0.0697. The molecule has 1 N–H and O–H groups in total. The van der Waals surface area contributed by atoms with Crippen LogP contribution in [0.4, 0.5) is 0 Å². The fourth-order valence-electron chi connectivity index (χ4n) is 2.77. The molecule has 0 bridgehead atoms. The lowest BCUT2D eigenvalue weighted by atomic mass is 9.86. The van der Waals surface area contributed by atoms with Crippen molar-refractivity contribution in [2.24, 2.45) is 0 Å². The zero-order valence-corrected chi connectivity index (χ0v) is 14.7. The van der Waals surface area contributed by atoms with E-state index in [9.17, 15) is 9.90 Å². The maximum absolute atomic E-state index is 11.6. The van der Waals surface area contributed by atoms with E-state index in [0.717, 1.165) is 11.1 Å². The first-order valence-corrected chi connectivity index (χ1v) is 8.30. The highest BCUT2D eigenvalue weighted by Gasteiger charge is 2.19. The molecule has 0 saturated carbocycles. The van der Waals surface area contributed by atoms with Crippen LogP contribution >= 0.6 is 0 Å². The molecule has 3 rings (SSSR count). The molecule has 0 amide bonds. The van der Waals surface area contributed by atoms with Crippen molar-refractivity contribution in [1.82, 2.24) is 9.78 Å². The number of nitrogens with zero attached hydrogens (tertiary/aromatic N) is 2. The van der Waals surface area contributed by atoms with Crippen LogP contribution in [0.1, 0.15) is 42.3 Å². The molecule has 25 heavy (non-hydrogen) atoms. The Labute approximate surface area is 147 Å². The summed E-state index contributed by atoms with van der Waals surface area (Å²) < 4.78 is 1.69. The van der Waals surface area contributed by atoms with Crippen molar-refractivity contribution in [3.63, 3.8) is 0 Å². The fourth-order valence-corrected chi connectivity index (χ4v) is 2.77. The van der Waals surface area contributed by atoms with E-state index in [4.69, 9.17) is 0 Å². The molecule has 2 aromatic carbocycles. The average Bonchev–Trinajstić information content (AvgIpc) is 2.99. The average molecular weight is 334 g/mol. The number of carboxylic acids is 1. The highest BCUT2D eigenvalue weighted by atomic mass is 16.4. The molecule has 0 atom stereocenters. The van der Waals surface area contributed by atoms with Crippen LogP contribution < -0.4 is 0 Å². The minimum Gasteiger partial charge on any atom is -0.478 e. The number of hydrogen-bond donors (Lipinski definition) is 1. The van der Waals surface area contributed by atoms with Crippen molar-refractivity contribution in [3.8, 4) is 11.3 Å². The molecule has 4 heteroatoms. The van der Waals surface area contributed by atoms with Crippen LogP contribution in [0.3, 0.4) is 0 Å². The Morgan fingerprint density at radius 2 is 1.68 bits per heavy atom. The molecule has 0 aliphatic heterocycles. The molecule has 0 spiro atoms. The maximum atomic E-state index is 11.6. The van der Waals surface area contributed by atoms with Gasteiger partial charge < -0.3 is 5.11 Å². The molecule has 1 heterocycles. The second-order valence-corrected chi connectivity index (χ2v) is 7.21. The summed E-state index contributed by atoms with van der Waals surface area (Å²) in [6.07, 6.45) is 1.60. The summed E-state index contributed by atoms with van der Waals surface area (Å²) in [5, 5.41) is 14.1. The van der Waals surface area contributed by atoms with Gasteiger partial charge in [-0.3, -0.25) is 4.68 Å². The number of carboxylic acid groups (broad SMARTS) is 1. The van der Waals surface area contributed by atoms with Crippen molar-refractivity contribution >= 4 is 5.97 Å². The first-order chi connectivity index (χ1) is 11.8. The van der Waals surface area contributed by atoms with Crippen LogP contribution in [0, 0.1) is 0 Å². The molecule has 128 valence electrons. The summed E-state index contributed by atoms with van der Waals surface area (Å²) in [5.74, 6) is -0.964. The van der Waals surface area contributed by atoms with E-state index in [2.05, 4.69) is 25.9 Å².